The zero-order chi connectivity index (χ0) is 18.6. The van der Waals surface area contributed by atoms with Crippen LogP contribution in [0.2, 0.25) is 0 Å². The zero-order valence-electron chi connectivity index (χ0n) is 13.8. The largest absolute Gasteiger partial charge is 0.493 e. The minimum Gasteiger partial charge on any atom is -0.493 e. The Morgan fingerprint density at radius 2 is 2.00 bits per heavy atom. The molecule has 26 heavy (non-hydrogen) atoms. The number of ether oxygens (including phenoxy) is 1. The molecule has 0 saturated carbocycles. The normalized spacial score (nSPS) is 13.0. The van der Waals surface area contributed by atoms with Gasteiger partial charge in [0.05, 0.1) is 24.0 Å². The van der Waals surface area contributed by atoms with Crippen LogP contribution in [0.25, 0.3) is 6.08 Å². The Balaban J connectivity index is 1.61. The van der Waals surface area contributed by atoms with Crippen molar-refractivity contribution in [2.24, 2.45) is 0 Å². The highest BCUT2D eigenvalue weighted by molar-refractivity contribution is 7.89. The first-order valence-corrected chi connectivity index (χ1v) is 9.58. The van der Waals surface area contributed by atoms with Gasteiger partial charge in [0.1, 0.15) is 5.75 Å². The van der Waals surface area contributed by atoms with Crippen LogP contribution < -0.4 is 9.46 Å². The molecule has 2 aromatic carbocycles. The molecule has 0 saturated heterocycles. The number of hydrogen-bond donors (Lipinski definition) is 1. The van der Waals surface area contributed by atoms with Gasteiger partial charge in [-0.3, -0.25) is 4.79 Å². The summed E-state index contributed by atoms with van der Waals surface area (Å²) in [4.78, 5) is 11.9. The monoisotopic (exact) mass is 368 g/mol. The maximum atomic E-state index is 12.1. The molecule has 0 spiro atoms. The summed E-state index contributed by atoms with van der Waals surface area (Å²) in [6, 6.07) is 13.7. The van der Waals surface area contributed by atoms with Crippen molar-refractivity contribution in [2.75, 3.05) is 6.61 Å². The molecule has 0 atom stereocenters. The van der Waals surface area contributed by atoms with E-state index in [1.807, 2.05) is 22.9 Å². The molecule has 3 rings (SSSR count). The van der Waals surface area contributed by atoms with E-state index in [0.29, 0.717) is 17.7 Å². The van der Waals surface area contributed by atoms with Crippen molar-refractivity contribution in [3.05, 3.63) is 70.8 Å². The predicted octanol–water partition coefficient (Wildman–Crippen LogP) is 2.15. The Morgan fingerprint density at radius 1 is 1.23 bits per heavy atom. The highest BCUT2D eigenvalue weighted by atomic mass is 32.2. The number of rotatable bonds is 5. The number of hydrogen-bond acceptors (Lipinski definition) is 5. The Bertz CT molecular complexity index is 1000. The van der Waals surface area contributed by atoms with Gasteiger partial charge in [-0.1, -0.05) is 18.2 Å². The summed E-state index contributed by atoms with van der Waals surface area (Å²) >= 11 is 0. The quantitative estimate of drug-likeness (QED) is 0.816. The van der Waals surface area contributed by atoms with E-state index in [1.165, 1.54) is 18.2 Å². The van der Waals surface area contributed by atoms with Crippen LogP contribution in [0.1, 0.15) is 22.3 Å². The first-order chi connectivity index (χ1) is 12.4. The van der Waals surface area contributed by atoms with Crippen LogP contribution in [-0.4, -0.2) is 20.9 Å². The molecule has 132 valence electrons. The molecular formula is C19H16N2O4S. The lowest BCUT2D eigenvalue weighted by atomic mass is 10.1. The van der Waals surface area contributed by atoms with Crippen LogP contribution in [0.4, 0.5) is 0 Å². The molecule has 0 unspecified atom stereocenters. The molecule has 0 radical (unpaired) electrons. The summed E-state index contributed by atoms with van der Waals surface area (Å²) in [5.41, 5.74) is 2.81. The third-order valence-corrected chi connectivity index (χ3v) is 5.06. The Hall–Kier alpha value is -3.11. The molecule has 2 aromatic rings. The van der Waals surface area contributed by atoms with Gasteiger partial charge in [0, 0.05) is 12.5 Å². The third kappa shape index (κ3) is 4.49. The van der Waals surface area contributed by atoms with Crippen LogP contribution in [0.15, 0.2) is 48.5 Å². The van der Waals surface area contributed by atoms with Gasteiger partial charge in [-0.05, 0) is 47.0 Å². The second kappa shape index (κ2) is 7.42. The number of benzene rings is 2. The Morgan fingerprint density at radius 3 is 2.73 bits per heavy atom. The second-order valence-electron chi connectivity index (χ2n) is 5.83. The van der Waals surface area contributed by atoms with Crippen LogP contribution in [0, 0.1) is 11.3 Å². The molecule has 1 aliphatic rings. The molecule has 6 nitrogen and oxygen atoms in total. The summed E-state index contributed by atoms with van der Waals surface area (Å²) < 4.78 is 31.6. The van der Waals surface area contributed by atoms with Crippen LogP contribution in [-0.2, 0) is 27.0 Å². The maximum absolute atomic E-state index is 12.1. The van der Waals surface area contributed by atoms with Gasteiger partial charge >= 0.3 is 0 Å². The van der Waals surface area contributed by atoms with Gasteiger partial charge < -0.3 is 4.74 Å². The van der Waals surface area contributed by atoms with E-state index >= 15 is 0 Å². The van der Waals surface area contributed by atoms with Crippen LogP contribution >= 0.6 is 0 Å². The van der Waals surface area contributed by atoms with E-state index in [1.54, 1.807) is 24.3 Å². The van der Waals surface area contributed by atoms with Gasteiger partial charge in [-0.25, -0.2) is 13.1 Å². The van der Waals surface area contributed by atoms with E-state index in [9.17, 15) is 13.2 Å². The average molecular weight is 368 g/mol. The number of fused-ring (bicyclic) bond motifs is 1. The standard InChI is InChI=1S/C19H16N2O4S/c20-12-15-1-3-16(4-2-15)13-26(23,24)21-19(22)8-6-14-5-7-18-17(11-14)9-10-25-18/h1-8,11H,9-10,13H2,(H,21,22). The molecule has 1 heterocycles. The highest BCUT2D eigenvalue weighted by Gasteiger charge is 2.14. The highest BCUT2D eigenvalue weighted by Crippen LogP contribution is 2.26. The summed E-state index contributed by atoms with van der Waals surface area (Å²) in [5.74, 6) is -0.207. The van der Waals surface area contributed by atoms with E-state index in [-0.39, 0.29) is 5.75 Å². The molecule has 0 aromatic heterocycles. The number of carbonyl (C=O) groups excluding carboxylic acids is 1. The Kier molecular flexibility index (Phi) is 5.05. The fourth-order valence-electron chi connectivity index (χ4n) is 2.60. The minimum atomic E-state index is -3.82. The smallest absolute Gasteiger partial charge is 0.257 e. The fourth-order valence-corrected chi connectivity index (χ4v) is 3.68. The molecule has 1 amide bonds. The SMILES string of the molecule is N#Cc1ccc(CS(=O)(=O)NC(=O)C=Cc2ccc3c(c2)CCO3)cc1. The first kappa shape index (κ1) is 17.7. The number of nitriles is 1. The van der Waals surface area contributed by atoms with Gasteiger partial charge in [0.15, 0.2) is 0 Å². The number of nitrogens with zero attached hydrogens (tertiary/aromatic N) is 1. The van der Waals surface area contributed by atoms with Crippen molar-refractivity contribution in [1.29, 1.82) is 5.26 Å². The average Bonchev–Trinajstić information content (AvgIpc) is 3.07. The lowest BCUT2D eigenvalue weighted by molar-refractivity contribution is -0.114. The van der Waals surface area contributed by atoms with Gasteiger partial charge in [0.25, 0.3) is 5.91 Å². The molecule has 0 fully saturated rings. The van der Waals surface area contributed by atoms with Gasteiger partial charge in [-0.2, -0.15) is 5.26 Å². The van der Waals surface area contributed by atoms with Crippen LogP contribution in [0.3, 0.4) is 0 Å². The lowest BCUT2D eigenvalue weighted by Gasteiger charge is -2.05. The summed E-state index contributed by atoms with van der Waals surface area (Å²) in [7, 11) is -3.82. The fraction of sp³-hybridized carbons (Fsp3) is 0.158. The van der Waals surface area contributed by atoms with Gasteiger partial charge in [-0.15, -0.1) is 0 Å². The Labute approximate surface area is 151 Å². The molecule has 7 heteroatoms. The first-order valence-electron chi connectivity index (χ1n) is 7.92. The predicted molar refractivity (Wildman–Crippen MR) is 96.6 cm³/mol. The van der Waals surface area contributed by atoms with Crippen molar-refractivity contribution >= 4 is 22.0 Å². The molecule has 0 aliphatic carbocycles. The number of nitrogens with one attached hydrogen (secondary N) is 1. The lowest BCUT2D eigenvalue weighted by Crippen LogP contribution is -2.30. The molecular weight excluding hydrogens is 352 g/mol. The second-order valence-corrected chi connectivity index (χ2v) is 7.56. The van der Waals surface area contributed by atoms with Gasteiger partial charge in [0.2, 0.25) is 10.0 Å². The number of sulfonamides is 1. The third-order valence-electron chi connectivity index (χ3n) is 3.84. The summed E-state index contributed by atoms with van der Waals surface area (Å²) in [6.07, 6.45) is 3.57. The molecule has 1 N–H and O–H groups in total. The van der Waals surface area contributed by atoms with Crippen molar-refractivity contribution in [2.45, 2.75) is 12.2 Å². The van der Waals surface area contributed by atoms with Crippen LogP contribution in [0.5, 0.6) is 5.75 Å². The summed E-state index contributed by atoms with van der Waals surface area (Å²) in [5, 5.41) is 8.74. The number of carbonyl (C=O) groups is 1. The topological polar surface area (TPSA) is 96.3 Å². The van der Waals surface area contributed by atoms with E-state index in [0.717, 1.165) is 23.3 Å². The van der Waals surface area contributed by atoms with Crippen molar-refractivity contribution < 1.29 is 17.9 Å². The minimum absolute atomic E-state index is 0.339. The van der Waals surface area contributed by atoms with Crippen molar-refractivity contribution in [1.82, 2.24) is 4.72 Å². The van der Waals surface area contributed by atoms with E-state index in [2.05, 4.69) is 0 Å². The maximum Gasteiger partial charge on any atom is 0.257 e. The summed E-state index contributed by atoms with van der Waals surface area (Å²) in [6.45, 7) is 0.649. The van der Waals surface area contributed by atoms with E-state index in [4.69, 9.17) is 10.00 Å². The van der Waals surface area contributed by atoms with Crippen molar-refractivity contribution in [3.63, 3.8) is 0 Å². The van der Waals surface area contributed by atoms with E-state index < -0.39 is 15.9 Å². The number of amides is 1. The molecule has 1 aliphatic heterocycles. The zero-order valence-corrected chi connectivity index (χ0v) is 14.6. The van der Waals surface area contributed by atoms with Crippen molar-refractivity contribution in [3.8, 4) is 11.8 Å². The molecule has 0 bridgehead atoms.